The number of halogens is 1. The predicted octanol–water partition coefficient (Wildman–Crippen LogP) is 4.12. The summed E-state index contributed by atoms with van der Waals surface area (Å²) >= 11 is 6.00. The molecule has 1 aromatic heterocycles. The molecular formula is C21H19ClN4O2. The van der Waals surface area contributed by atoms with E-state index < -0.39 is 0 Å². The summed E-state index contributed by atoms with van der Waals surface area (Å²) in [4.78, 5) is 31.1. The van der Waals surface area contributed by atoms with Crippen molar-refractivity contribution in [1.82, 2.24) is 10.3 Å². The molecule has 7 heteroatoms. The summed E-state index contributed by atoms with van der Waals surface area (Å²) in [7, 11) is 0. The van der Waals surface area contributed by atoms with Gasteiger partial charge in [-0.2, -0.15) is 0 Å². The van der Waals surface area contributed by atoms with E-state index in [0.717, 1.165) is 22.2 Å². The fraction of sp³-hybridized carbons (Fsp3) is 0.190. The second kappa shape index (κ2) is 7.48. The SMILES string of the molecule is Cc1ccc(Cl)cc1NC(=O)NC1CC(=O)N(c2cccc3cccnc23)C1. The van der Waals surface area contributed by atoms with Crippen molar-refractivity contribution >= 4 is 45.8 Å². The second-order valence-corrected chi connectivity index (χ2v) is 7.25. The maximum absolute atomic E-state index is 12.6. The van der Waals surface area contributed by atoms with Crippen LogP contribution in [0.2, 0.25) is 5.02 Å². The number of hydrogen-bond donors (Lipinski definition) is 2. The molecular weight excluding hydrogens is 376 g/mol. The zero-order valence-electron chi connectivity index (χ0n) is 15.3. The molecule has 1 aliphatic rings. The van der Waals surface area contributed by atoms with Crippen LogP contribution in [-0.4, -0.2) is 29.5 Å². The van der Waals surface area contributed by atoms with Gasteiger partial charge in [-0.1, -0.05) is 35.9 Å². The highest BCUT2D eigenvalue weighted by molar-refractivity contribution is 6.31. The van der Waals surface area contributed by atoms with Gasteiger partial charge in [-0.05, 0) is 36.8 Å². The molecule has 0 radical (unpaired) electrons. The van der Waals surface area contributed by atoms with Crippen molar-refractivity contribution in [3.05, 3.63) is 65.3 Å². The second-order valence-electron chi connectivity index (χ2n) is 6.82. The molecule has 6 nitrogen and oxygen atoms in total. The van der Waals surface area contributed by atoms with Crippen LogP contribution in [-0.2, 0) is 4.79 Å². The first kappa shape index (κ1) is 18.3. The first-order valence-electron chi connectivity index (χ1n) is 8.99. The molecule has 1 unspecified atom stereocenters. The van der Waals surface area contributed by atoms with Gasteiger partial charge in [-0.15, -0.1) is 0 Å². The number of carbonyl (C=O) groups excluding carboxylic acids is 2. The van der Waals surface area contributed by atoms with Crippen LogP contribution < -0.4 is 15.5 Å². The van der Waals surface area contributed by atoms with Crippen LogP contribution in [0.5, 0.6) is 0 Å². The lowest BCUT2D eigenvalue weighted by molar-refractivity contribution is -0.117. The topological polar surface area (TPSA) is 74.3 Å². The molecule has 0 saturated carbocycles. The number of benzene rings is 2. The Bertz CT molecular complexity index is 1060. The van der Waals surface area contributed by atoms with Crippen molar-refractivity contribution in [3.63, 3.8) is 0 Å². The fourth-order valence-electron chi connectivity index (χ4n) is 3.42. The van der Waals surface area contributed by atoms with Crippen LogP contribution in [0.25, 0.3) is 10.9 Å². The van der Waals surface area contributed by atoms with E-state index in [-0.39, 0.29) is 24.4 Å². The van der Waals surface area contributed by atoms with Crippen molar-refractivity contribution in [2.75, 3.05) is 16.8 Å². The number of urea groups is 1. The number of hydrogen-bond acceptors (Lipinski definition) is 3. The number of nitrogens with zero attached hydrogens (tertiary/aromatic N) is 2. The number of carbonyl (C=O) groups is 2. The number of para-hydroxylation sites is 1. The van der Waals surface area contributed by atoms with Crippen LogP contribution in [0.3, 0.4) is 0 Å². The van der Waals surface area contributed by atoms with Gasteiger partial charge in [0.05, 0.1) is 17.2 Å². The van der Waals surface area contributed by atoms with E-state index in [0.29, 0.717) is 17.3 Å². The minimum absolute atomic E-state index is 0.0395. The highest BCUT2D eigenvalue weighted by Gasteiger charge is 2.32. The third-order valence-corrected chi connectivity index (χ3v) is 5.05. The van der Waals surface area contributed by atoms with E-state index in [1.807, 2.05) is 43.3 Å². The van der Waals surface area contributed by atoms with Gasteiger partial charge in [0.25, 0.3) is 0 Å². The zero-order valence-corrected chi connectivity index (χ0v) is 16.0. The molecule has 4 rings (SSSR count). The zero-order chi connectivity index (χ0) is 19.7. The molecule has 28 heavy (non-hydrogen) atoms. The normalized spacial score (nSPS) is 16.4. The molecule has 1 atom stereocenters. The number of nitrogens with one attached hydrogen (secondary N) is 2. The summed E-state index contributed by atoms with van der Waals surface area (Å²) in [5.74, 6) is -0.0395. The standard InChI is InChI=1S/C21H19ClN4O2/c1-13-7-8-15(22)10-17(13)25-21(28)24-16-11-19(27)26(12-16)18-6-2-4-14-5-3-9-23-20(14)18/h2-10,16H,11-12H2,1H3,(H2,24,25,28). The van der Waals surface area contributed by atoms with E-state index >= 15 is 0 Å². The fourth-order valence-corrected chi connectivity index (χ4v) is 3.59. The summed E-state index contributed by atoms with van der Waals surface area (Å²) in [6.07, 6.45) is 1.95. The molecule has 0 spiro atoms. The average molecular weight is 395 g/mol. The van der Waals surface area contributed by atoms with Gasteiger partial charge in [-0.25, -0.2) is 4.79 Å². The first-order chi connectivity index (χ1) is 13.5. The van der Waals surface area contributed by atoms with Crippen molar-refractivity contribution < 1.29 is 9.59 Å². The van der Waals surface area contributed by atoms with Crippen molar-refractivity contribution in [3.8, 4) is 0 Å². The van der Waals surface area contributed by atoms with Crippen molar-refractivity contribution in [2.24, 2.45) is 0 Å². The van der Waals surface area contributed by atoms with Crippen LogP contribution >= 0.6 is 11.6 Å². The number of rotatable bonds is 3. The average Bonchev–Trinajstić information content (AvgIpc) is 3.04. The molecule has 3 amide bonds. The monoisotopic (exact) mass is 394 g/mol. The largest absolute Gasteiger partial charge is 0.333 e. The molecule has 1 aliphatic heterocycles. The van der Waals surface area contributed by atoms with Gasteiger partial charge in [0.1, 0.15) is 0 Å². The number of aryl methyl sites for hydroxylation is 1. The Morgan fingerprint density at radius 1 is 1.21 bits per heavy atom. The molecule has 2 heterocycles. The number of fused-ring (bicyclic) bond motifs is 1. The molecule has 2 aromatic carbocycles. The van der Waals surface area contributed by atoms with Gasteiger partial charge >= 0.3 is 6.03 Å². The van der Waals surface area contributed by atoms with Gasteiger partial charge in [0, 0.05) is 35.3 Å². The molecule has 3 aromatic rings. The number of aromatic nitrogens is 1. The molecule has 1 saturated heterocycles. The maximum atomic E-state index is 12.6. The summed E-state index contributed by atoms with van der Waals surface area (Å²) in [6, 6.07) is 14.2. The molecule has 1 fully saturated rings. The third-order valence-electron chi connectivity index (χ3n) is 4.81. The summed E-state index contributed by atoms with van der Waals surface area (Å²) < 4.78 is 0. The van der Waals surface area contributed by atoms with E-state index in [9.17, 15) is 9.59 Å². The van der Waals surface area contributed by atoms with E-state index in [2.05, 4.69) is 15.6 Å². The summed E-state index contributed by atoms with van der Waals surface area (Å²) in [5, 5.41) is 7.20. The Hall–Kier alpha value is -3.12. The lowest BCUT2D eigenvalue weighted by atomic mass is 10.2. The van der Waals surface area contributed by atoms with Crippen molar-refractivity contribution in [2.45, 2.75) is 19.4 Å². The molecule has 142 valence electrons. The maximum Gasteiger partial charge on any atom is 0.319 e. The number of anilines is 2. The molecule has 0 aliphatic carbocycles. The molecule has 2 N–H and O–H groups in total. The number of pyridine rings is 1. The van der Waals surface area contributed by atoms with E-state index in [4.69, 9.17) is 11.6 Å². The quantitative estimate of drug-likeness (QED) is 0.701. The highest BCUT2D eigenvalue weighted by atomic mass is 35.5. The van der Waals surface area contributed by atoms with Crippen LogP contribution in [0.4, 0.5) is 16.2 Å². The van der Waals surface area contributed by atoms with E-state index in [1.54, 1.807) is 23.2 Å². The van der Waals surface area contributed by atoms with Gasteiger partial charge in [0.15, 0.2) is 0 Å². The Morgan fingerprint density at radius 2 is 2.04 bits per heavy atom. The third kappa shape index (κ3) is 3.64. The Morgan fingerprint density at radius 3 is 2.89 bits per heavy atom. The Kier molecular flexibility index (Phi) is 4.88. The lowest BCUT2D eigenvalue weighted by Gasteiger charge is -2.19. The van der Waals surface area contributed by atoms with Crippen LogP contribution in [0.15, 0.2) is 54.7 Å². The van der Waals surface area contributed by atoms with Gasteiger partial charge < -0.3 is 15.5 Å². The summed E-state index contributed by atoms with van der Waals surface area (Å²) in [5.41, 5.74) is 3.09. The first-order valence-corrected chi connectivity index (χ1v) is 9.37. The lowest BCUT2D eigenvalue weighted by Crippen LogP contribution is -2.39. The van der Waals surface area contributed by atoms with Gasteiger partial charge in [0.2, 0.25) is 5.91 Å². The Balaban J connectivity index is 1.47. The van der Waals surface area contributed by atoms with Crippen molar-refractivity contribution in [1.29, 1.82) is 0 Å². The van der Waals surface area contributed by atoms with Gasteiger partial charge in [-0.3, -0.25) is 9.78 Å². The van der Waals surface area contributed by atoms with Crippen LogP contribution in [0.1, 0.15) is 12.0 Å². The predicted molar refractivity (Wildman–Crippen MR) is 111 cm³/mol. The smallest absolute Gasteiger partial charge is 0.319 e. The van der Waals surface area contributed by atoms with E-state index in [1.165, 1.54) is 0 Å². The minimum atomic E-state index is -0.360. The number of amides is 3. The summed E-state index contributed by atoms with van der Waals surface area (Å²) in [6.45, 7) is 2.29. The minimum Gasteiger partial charge on any atom is -0.333 e. The Labute approximate surface area is 167 Å². The highest BCUT2D eigenvalue weighted by Crippen LogP contribution is 2.28. The van der Waals surface area contributed by atoms with Crippen LogP contribution in [0, 0.1) is 6.92 Å². The molecule has 0 bridgehead atoms.